The number of rotatable bonds is 7. The van der Waals surface area contributed by atoms with Gasteiger partial charge in [0.25, 0.3) is 0 Å². The molecule has 0 aliphatic rings. The van der Waals surface area contributed by atoms with Crippen LogP contribution in [0.4, 0.5) is 0 Å². The Labute approximate surface area is 123 Å². The van der Waals surface area contributed by atoms with E-state index in [1.165, 1.54) is 11.1 Å². The Morgan fingerprint density at radius 3 is 2.45 bits per heavy atom. The molecule has 0 unspecified atom stereocenters. The van der Waals surface area contributed by atoms with Gasteiger partial charge in [-0.05, 0) is 37.8 Å². The molecule has 0 aliphatic heterocycles. The minimum absolute atomic E-state index is 0.192. The SMILES string of the molecule is CCC(CC)N(CCN)C(=O)Cc1cc(C)ccc1C. The van der Waals surface area contributed by atoms with Crippen LogP contribution in [0.3, 0.4) is 0 Å². The maximum Gasteiger partial charge on any atom is 0.227 e. The van der Waals surface area contributed by atoms with Gasteiger partial charge in [0.1, 0.15) is 0 Å². The Balaban J connectivity index is 2.87. The molecule has 0 fully saturated rings. The van der Waals surface area contributed by atoms with Crippen LogP contribution in [0.2, 0.25) is 0 Å². The van der Waals surface area contributed by atoms with Crippen molar-refractivity contribution in [2.75, 3.05) is 13.1 Å². The topological polar surface area (TPSA) is 46.3 Å². The van der Waals surface area contributed by atoms with E-state index in [2.05, 4.69) is 45.9 Å². The maximum atomic E-state index is 12.6. The number of amides is 1. The van der Waals surface area contributed by atoms with Gasteiger partial charge in [-0.1, -0.05) is 37.6 Å². The first-order valence-corrected chi connectivity index (χ1v) is 7.59. The molecule has 0 spiro atoms. The number of hydrogen-bond acceptors (Lipinski definition) is 2. The van der Waals surface area contributed by atoms with Crippen LogP contribution in [0.15, 0.2) is 18.2 Å². The maximum absolute atomic E-state index is 12.6. The smallest absolute Gasteiger partial charge is 0.227 e. The Morgan fingerprint density at radius 1 is 1.25 bits per heavy atom. The molecule has 1 amide bonds. The number of carbonyl (C=O) groups excluding carboxylic acids is 1. The van der Waals surface area contributed by atoms with E-state index in [1.807, 2.05) is 4.90 Å². The van der Waals surface area contributed by atoms with Crippen molar-refractivity contribution in [1.82, 2.24) is 4.90 Å². The Bertz CT molecular complexity index is 439. The highest BCUT2D eigenvalue weighted by Gasteiger charge is 2.20. The van der Waals surface area contributed by atoms with Crippen molar-refractivity contribution < 1.29 is 4.79 Å². The molecule has 20 heavy (non-hydrogen) atoms. The fourth-order valence-electron chi connectivity index (χ4n) is 2.63. The van der Waals surface area contributed by atoms with Crippen LogP contribution in [0.5, 0.6) is 0 Å². The highest BCUT2D eigenvalue weighted by Crippen LogP contribution is 2.15. The molecule has 112 valence electrons. The first-order chi connectivity index (χ1) is 9.53. The zero-order valence-corrected chi connectivity index (χ0v) is 13.3. The number of carbonyl (C=O) groups is 1. The number of hydrogen-bond donors (Lipinski definition) is 1. The van der Waals surface area contributed by atoms with E-state index in [1.54, 1.807) is 0 Å². The molecule has 3 heteroatoms. The van der Waals surface area contributed by atoms with E-state index < -0.39 is 0 Å². The summed E-state index contributed by atoms with van der Waals surface area (Å²) in [7, 11) is 0. The summed E-state index contributed by atoms with van der Waals surface area (Å²) in [5.74, 6) is 0.192. The molecule has 0 aliphatic carbocycles. The first-order valence-electron chi connectivity index (χ1n) is 7.59. The van der Waals surface area contributed by atoms with Gasteiger partial charge in [0.05, 0.1) is 6.42 Å². The third-order valence-electron chi connectivity index (χ3n) is 3.92. The fraction of sp³-hybridized carbons (Fsp3) is 0.588. The summed E-state index contributed by atoms with van der Waals surface area (Å²) >= 11 is 0. The van der Waals surface area contributed by atoms with Crippen molar-refractivity contribution in [1.29, 1.82) is 0 Å². The van der Waals surface area contributed by atoms with E-state index in [9.17, 15) is 4.79 Å². The number of nitrogens with zero attached hydrogens (tertiary/aromatic N) is 1. The first kappa shape index (κ1) is 16.7. The molecule has 0 saturated heterocycles. The molecule has 0 atom stereocenters. The van der Waals surface area contributed by atoms with Crippen LogP contribution in [0, 0.1) is 13.8 Å². The zero-order valence-electron chi connectivity index (χ0n) is 13.3. The van der Waals surface area contributed by atoms with Gasteiger partial charge in [-0.3, -0.25) is 4.79 Å². The lowest BCUT2D eigenvalue weighted by Gasteiger charge is -2.30. The third-order valence-corrected chi connectivity index (χ3v) is 3.92. The number of benzene rings is 1. The molecule has 0 bridgehead atoms. The second-order valence-electron chi connectivity index (χ2n) is 5.45. The molecule has 2 N–H and O–H groups in total. The third kappa shape index (κ3) is 4.34. The lowest BCUT2D eigenvalue weighted by molar-refractivity contribution is -0.132. The van der Waals surface area contributed by atoms with Gasteiger partial charge < -0.3 is 10.6 Å². The van der Waals surface area contributed by atoms with Crippen molar-refractivity contribution in [2.24, 2.45) is 5.73 Å². The summed E-state index contributed by atoms with van der Waals surface area (Å²) in [5.41, 5.74) is 9.18. The van der Waals surface area contributed by atoms with Crippen LogP contribution >= 0.6 is 0 Å². The molecular weight excluding hydrogens is 248 g/mol. The van der Waals surface area contributed by atoms with Crippen LogP contribution in [0.25, 0.3) is 0 Å². The molecule has 3 nitrogen and oxygen atoms in total. The molecular formula is C17H28N2O. The van der Waals surface area contributed by atoms with Crippen molar-refractivity contribution in [3.63, 3.8) is 0 Å². The highest BCUT2D eigenvalue weighted by molar-refractivity contribution is 5.79. The fourth-order valence-corrected chi connectivity index (χ4v) is 2.63. The summed E-state index contributed by atoms with van der Waals surface area (Å²) in [6, 6.07) is 6.58. The number of nitrogens with two attached hydrogens (primary N) is 1. The summed E-state index contributed by atoms with van der Waals surface area (Å²) in [6.07, 6.45) is 2.44. The van der Waals surface area contributed by atoms with Gasteiger partial charge in [0.15, 0.2) is 0 Å². The molecule has 0 saturated carbocycles. The van der Waals surface area contributed by atoms with E-state index in [0.29, 0.717) is 25.6 Å². The minimum Gasteiger partial charge on any atom is -0.338 e. The highest BCUT2D eigenvalue weighted by atomic mass is 16.2. The standard InChI is InChI=1S/C17H28N2O/c1-5-16(6-2)19(10-9-18)17(20)12-15-11-13(3)7-8-14(15)4/h7-8,11,16H,5-6,9-10,12,18H2,1-4H3. The molecule has 0 aromatic heterocycles. The van der Waals surface area contributed by atoms with Gasteiger partial charge >= 0.3 is 0 Å². The minimum atomic E-state index is 0.192. The summed E-state index contributed by atoms with van der Waals surface area (Å²) < 4.78 is 0. The van der Waals surface area contributed by atoms with Gasteiger partial charge in [-0.15, -0.1) is 0 Å². The van der Waals surface area contributed by atoms with Gasteiger partial charge in [-0.2, -0.15) is 0 Å². The lowest BCUT2D eigenvalue weighted by Crippen LogP contribution is -2.43. The van der Waals surface area contributed by atoms with Crippen molar-refractivity contribution >= 4 is 5.91 Å². The predicted octanol–water partition coefficient (Wildman–Crippen LogP) is 2.82. The largest absolute Gasteiger partial charge is 0.338 e. The van der Waals surface area contributed by atoms with Crippen LogP contribution in [-0.4, -0.2) is 29.9 Å². The van der Waals surface area contributed by atoms with Crippen LogP contribution in [-0.2, 0) is 11.2 Å². The van der Waals surface area contributed by atoms with E-state index in [4.69, 9.17) is 5.73 Å². The molecule has 1 rings (SSSR count). The Morgan fingerprint density at radius 2 is 1.90 bits per heavy atom. The van der Waals surface area contributed by atoms with Crippen LogP contribution < -0.4 is 5.73 Å². The van der Waals surface area contributed by atoms with Crippen molar-refractivity contribution in [3.8, 4) is 0 Å². The zero-order chi connectivity index (χ0) is 15.1. The Kier molecular flexibility index (Phi) is 6.73. The van der Waals surface area contributed by atoms with Crippen molar-refractivity contribution in [2.45, 2.75) is 53.0 Å². The normalized spacial score (nSPS) is 10.9. The lowest BCUT2D eigenvalue weighted by atomic mass is 10.0. The van der Waals surface area contributed by atoms with E-state index in [0.717, 1.165) is 18.4 Å². The van der Waals surface area contributed by atoms with Gasteiger partial charge in [0, 0.05) is 19.1 Å². The predicted molar refractivity (Wildman–Crippen MR) is 84.8 cm³/mol. The average Bonchev–Trinajstić information content (AvgIpc) is 2.43. The van der Waals surface area contributed by atoms with Crippen LogP contribution in [0.1, 0.15) is 43.4 Å². The summed E-state index contributed by atoms with van der Waals surface area (Å²) in [4.78, 5) is 14.6. The monoisotopic (exact) mass is 276 g/mol. The molecule has 1 aromatic carbocycles. The Hall–Kier alpha value is -1.35. The molecule has 0 heterocycles. The molecule has 1 aromatic rings. The number of aryl methyl sites for hydroxylation is 2. The van der Waals surface area contributed by atoms with Gasteiger partial charge in [0.2, 0.25) is 5.91 Å². The summed E-state index contributed by atoms with van der Waals surface area (Å²) in [6.45, 7) is 9.55. The second-order valence-corrected chi connectivity index (χ2v) is 5.45. The molecule has 0 radical (unpaired) electrons. The van der Waals surface area contributed by atoms with Gasteiger partial charge in [-0.25, -0.2) is 0 Å². The van der Waals surface area contributed by atoms with E-state index in [-0.39, 0.29) is 5.91 Å². The summed E-state index contributed by atoms with van der Waals surface area (Å²) in [5, 5.41) is 0. The quantitative estimate of drug-likeness (QED) is 0.832. The second kappa shape index (κ2) is 8.05. The average molecular weight is 276 g/mol. The van der Waals surface area contributed by atoms with Crippen molar-refractivity contribution in [3.05, 3.63) is 34.9 Å². The van der Waals surface area contributed by atoms with E-state index >= 15 is 0 Å².